The van der Waals surface area contributed by atoms with Crippen LogP contribution in [0, 0.1) is 18.3 Å². The average molecular weight is 323 g/mol. The van der Waals surface area contributed by atoms with E-state index in [0.717, 1.165) is 15.8 Å². The van der Waals surface area contributed by atoms with Crippen LogP contribution in [-0.4, -0.2) is 17.5 Å². The van der Waals surface area contributed by atoms with Gasteiger partial charge in [-0.3, -0.25) is 10.1 Å². The highest BCUT2D eigenvalue weighted by molar-refractivity contribution is 7.22. The number of ether oxygens (including phenoxy) is 1. The van der Waals surface area contributed by atoms with E-state index in [1.54, 1.807) is 24.3 Å². The van der Waals surface area contributed by atoms with Gasteiger partial charge in [0, 0.05) is 0 Å². The van der Waals surface area contributed by atoms with Crippen LogP contribution in [-0.2, 0) is 4.79 Å². The van der Waals surface area contributed by atoms with Crippen LogP contribution in [0.5, 0.6) is 5.75 Å². The van der Waals surface area contributed by atoms with E-state index >= 15 is 0 Å². The van der Waals surface area contributed by atoms with Gasteiger partial charge in [0.05, 0.1) is 15.8 Å². The molecule has 0 spiro atoms. The summed E-state index contributed by atoms with van der Waals surface area (Å²) in [7, 11) is 0. The maximum atomic E-state index is 12.0. The predicted octanol–water partition coefficient (Wildman–Crippen LogP) is 3.49. The number of aryl methyl sites for hydroxylation is 1. The molecule has 6 heteroatoms. The minimum atomic E-state index is -0.312. The molecule has 0 unspecified atom stereocenters. The number of thiazole rings is 1. The number of hydrogen-bond donors (Lipinski definition) is 1. The zero-order valence-corrected chi connectivity index (χ0v) is 13.2. The number of amides is 1. The summed E-state index contributed by atoms with van der Waals surface area (Å²) < 4.78 is 6.42. The van der Waals surface area contributed by atoms with Crippen molar-refractivity contribution in [2.45, 2.75) is 6.92 Å². The second-order valence-electron chi connectivity index (χ2n) is 4.94. The van der Waals surface area contributed by atoms with Crippen molar-refractivity contribution >= 4 is 32.6 Å². The molecular weight excluding hydrogens is 310 g/mol. The van der Waals surface area contributed by atoms with E-state index < -0.39 is 0 Å². The number of nitrogens with zero attached hydrogens (tertiary/aromatic N) is 2. The lowest BCUT2D eigenvalue weighted by molar-refractivity contribution is -0.118. The Morgan fingerprint density at radius 3 is 3.00 bits per heavy atom. The second kappa shape index (κ2) is 6.46. The fourth-order valence-corrected chi connectivity index (χ4v) is 3.05. The lowest BCUT2D eigenvalue weighted by atomic mass is 10.2. The molecule has 114 valence electrons. The van der Waals surface area contributed by atoms with Gasteiger partial charge < -0.3 is 4.74 Å². The van der Waals surface area contributed by atoms with Gasteiger partial charge in [-0.25, -0.2) is 4.98 Å². The number of nitrogens with one attached hydrogen (secondary N) is 1. The van der Waals surface area contributed by atoms with Crippen molar-refractivity contribution in [2.75, 3.05) is 11.9 Å². The average Bonchev–Trinajstić information content (AvgIpc) is 2.94. The first-order chi connectivity index (χ1) is 11.2. The lowest BCUT2D eigenvalue weighted by Gasteiger charge is -2.06. The molecule has 0 radical (unpaired) electrons. The number of rotatable bonds is 4. The molecule has 0 fully saturated rings. The van der Waals surface area contributed by atoms with E-state index in [1.807, 2.05) is 31.2 Å². The molecule has 0 atom stereocenters. The van der Waals surface area contributed by atoms with Crippen LogP contribution >= 0.6 is 11.3 Å². The van der Waals surface area contributed by atoms with Crippen molar-refractivity contribution in [1.82, 2.24) is 4.98 Å². The first-order valence-corrected chi connectivity index (χ1v) is 7.76. The Morgan fingerprint density at radius 1 is 1.35 bits per heavy atom. The fourth-order valence-electron chi connectivity index (χ4n) is 2.07. The van der Waals surface area contributed by atoms with Gasteiger partial charge in [0.25, 0.3) is 5.91 Å². The maximum absolute atomic E-state index is 12.0. The van der Waals surface area contributed by atoms with Crippen LogP contribution < -0.4 is 10.1 Å². The van der Waals surface area contributed by atoms with Gasteiger partial charge >= 0.3 is 0 Å². The van der Waals surface area contributed by atoms with Crippen molar-refractivity contribution in [3.05, 3.63) is 53.6 Å². The summed E-state index contributed by atoms with van der Waals surface area (Å²) in [5, 5.41) is 12.2. The molecule has 3 aromatic rings. The van der Waals surface area contributed by atoms with Crippen LogP contribution in [0.2, 0.25) is 0 Å². The normalized spacial score (nSPS) is 10.3. The summed E-state index contributed by atoms with van der Waals surface area (Å²) in [6.07, 6.45) is 0. The number of benzene rings is 2. The first-order valence-electron chi connectivity index (χ1n) is 6.94. The van der Waals surface area contributed by atoms with Gasteiger partial charge in [-0.2, -0.15) is 5.26 Å². The minimum absolute atomic E-state index is 0.173. The number of nitriles is 1. The molecule has 1 N–H and O–H groups in total. The summed E-state index contributed by atoms with van der Waals surface area (Å²) in [6, 6.07) is 14.8. The van der Waals surface area contributed by atoms with Gasteiger partial charge in [-0.1, -0.05) is 29.5 Å². The number of anilines is 1. The number of carbonyl (C=O) groups excluding carboxylic acids is 1. The Bertz CT molecular complexity index is 912. The van der Waals surface area contributed by atoms with E-state index in [0.29, 0.717) is 16.4 Å². The highest BCUT2D eigenvalue weighted by Crippen LogP contribution is 2.26. The van der Waals surface area contributed by atoms with Crippen molar-refractivity contribution in [3.63, 3.8) is 0 Å². The summed E-state index contributed by atoms with van der Waals surface area (Å²) >= 11 is 1.42. The fraction of sp³-hybridized carbons (Fsp3) is 0.118. The Kier molecular flexibility index (Phi) is 4.22. The Morgan fingerprint density at radius 2 is 2.17 bits per heavy atom. The van der Waals surface area contributed by atoms with Gasteiger partial charge in [0.15, 0.2) is 11.7 Å². The smallest absolute Gasteiger partial charge is 0.264 e. The van der Waals surface area contributed by atoms with E-state index in [4.69, 9.17) is 10.00 Å². The third kappa shape index (κ3) is 3.47. The SMILES string of the molecule is Cc1ccc2nc(NC(=O)COc3ccccc3C#N)sc2c1. The van der Waals surface area contributed by atoms with Crippen molar-refractivity contribution in [1.29, 1.82) is 5.26 Å². The van der Waals surface area contributed by atoms with Gasteiger partial charge in [0.2, 0.25) is 0 Å². The topological polar surface area (TPSA) is 75.0 Å². The molecule has 0 aliphatic heterocycles. The Labute approximate surface area is 137 Å². The highest BCUT2D eigenvalue weighted by Gasteiger charge is 2.10. The van der Waals surface area contributed by atoms with Crippen LogP contribution in [0.1, 0.15) is 11.1 Å². The predicted molar refractivity (Wildman–Crippen MR) is 89.6 cm³/mol. The molecule has 1 amide bonds. The molecule has 5 nitrogen and oxygen atoms in total. The lowest BCUT2D eigenvalue weighted by Crippen LogP contribution is -2.20. The molecule has 0 saturated carbocycles. The largest absolute Gasteiger partial charge is 0.482 e. The van der Waals surface area contributed by atoms with Gasteiger partial charge in [-0.05, 0) is 36.8 Å². The number of carbonyl (C=O) groups is 1. The molecule has 2 aromatic carbocycles. The van der Waals surface area contributed by atoms with Crippen molar-refractivity contribution in [3.8, 4) is 11.8 Å². The van der Waals surface area contributed by atoms with Gasteiger partial charge in [0.1, 0.15) is 11.8 Å². The molecule has 0 aliphatic rings. The van der Waals surface area contributed by atoms with Gasteiger partial charge in [-0.15, -0.1) is 0 Å². The quantitative estimate of drug-likeness (QED) is 0.797. The van der Waals surface area contributed by atoms with E-state index in [-0.39, 0.29) is 12.5 Å². The Balaban J connectivity index is 1.65. The molecule has 0 bridgehead atoms. The number of fused-ring (bicyclic) bond motifs is 1. The zero-order valence-electron chi connectivity index (χ0n) is 12.4. The Hall–Kier alpha value is -2.91. The van der Waals surface area contributed by atoms with E-state index in [2.05, 4.69) is 10.3 Å². The van der Waals surface area contributed by atoms with Crippen LogP contribution in [0.3, 0.4) is 0 Å². The summed E-state index contributed by atoms with van der Waals surface area (Å²) in [6.45, 7) is 1.84. The van der Waals surface area contributed by atoms with Crippen molar-refractivity contribution in [2.24, 2.45) is 0 Å². The van der Waals surface area contributed by atoms with Crippen LogP contribution in [0.4, 0.5) is 5.13 Å². The van der Waals surface area contributed by atoms with Crippen LogP contribution in [0.25, 0.3) is 10.2 Å². The van der Waals surface area contributed by atoms with Crippen molar-refractivity contribution < 1.29 is 9.53 Å². The van der Waals surface area contributed by atoms with E-state index in [9.17, 15) is 4.79 Å². The maximum Gasteiger partial charge on any atom is 0.264 e. The summed E-state index contributed by atoms with van der Waals surface area (Å²) in [4.78, 5) is 16.3. The summed E-state index contributed by atoms with van der Waals surface area (Å²) in [5.41, 5.74) is 2.40. The summed E-state index contributed by atoms with van der Waals surface area (Å²) in [5.74, 6) is 0.0820. The molecule has 0 aliphatic carbocycles. The number of hydrogen-bond acceptors (Lipinski definition) is 5. The monoisotopic (exact) mass is 323 g/mol. The highest BCUT2D eigenvalue weighted by atomic mass is 32.1. The molecule has 1 heterocycles. The first kappa shape index (κ1) is 15.0. The third-order valence-electron chi connectivity index (χ3n) is 3.16. The number of aromatic nitrogens is 1. The molecular formula is C17H13N3O2S. The zero-order chi connectivity index (χ0) is 16.2. The molecule has 23 heavy (non-hydrogen) atoms. The van der Waals surface area contributed by atoms with E-state index in [1.165, 1.54) is 11.3 Å². The molecule has 1 aromatic heterocycles. The standard InChI is InChI=1S/C17H13N3O2S/c1-11-6-7-13-15(8-11)23-17(19-13)20-16(21)10-22-14-5-3-2-4-12(14)9-18/h2-8H,10H2,1H3,(H,19,20,21). The molecule has 0 saturated heterocycles. The molecule has 3 rings (SSSR count). The third-order valence-corrected chi connectivity index (χ3v) is 4.09. The minimum Gasteiger partial charge on any atom is -0.482 e. The number of para-hydroxylation sites is 1. The van der Waals surface area contributed by atoms with Crippen LogP contribution in [0.15, 0.2) is 42.5 Å². The second-order valence-corrected chi connectivity index (χ2v) is 5.97.